The Kier molecular flexibility index (Phi) is 5.96. The zero-order valence-electron chi connectivity index (χ0n) is 17.5. The molecule has 6 nitrogen and oxygen atoms in total. The van der Waals surface area contributed by atoms with Crippen LogP contribution in [0.1, 0.15) is 34.3 Å². The molecule has 2 atom stereocenters. The largest absolute Gasteiger partial charge is 0.377 e. The van der Waals surface area contributed by atoms with Crippen molar-refractivity contribution in [1.82, 2.24) is 4.90 Å². The predicted octanol–water partition coefficient (Wildman–Crippen LogP) is 3.58. The average Bonchev–Trinajstić information content (AvgIpc) is 2.75. The van der Waals surface area contributed by atoms with Crippen LogP contribution in [0.15, 0.2) is 36.4 Å². The summed E-state index contributed by atoms with van der Waals surface area (Å²) in [5.41, 5.74) is -1.07. The first-order valence-electron chi connectivity index (χ1n) is 10.3. The van der Waals surface area contributed by atoms with Gasteiger partial charge < -0.3 is 15.0 Å². The van der Waals surface area contributed by atoms with Gasteiger partial charge in [-0.05, 0) is 48.9 Å². The van der Waals surface area contributed by atoms with E-state index in [4.69, 9.17) is 4.74 Å². The van der Waals surface area contributed by atoms with E-state index in [1.165, 1.54) is 19.1 Å². The molecule has 2 heterocycles. The normalized spacial score (nSPS) is 20.5. The molecule has 2 aromatic carbocycles. The number of anilines is 1. The summed E-state index contributed by atoms with van der Waals surface area (Å²) in [5.74, 6) is -8.73. The fourth-order valence-corrected chi connectivity index (χ4v) is 4.16. The smallest absolute Gasteiger partial charge is 0.352 e. The number of amides is 2. The Labute approximate surface area is 186 Å². The van der Waals surface area contributed by atoms with Gasteiger partial charge in [-0.15, -0.1) is 0 Å². The maximum absolute atomic E-state index is 15.2. The van der Waals surface area contributed by atoms with Gasteiger partial charge in [0.25, 0.3) is 11.8 Å². The predicted molar refractivity (Wildman–Crippen MR) is 109 cm³/mol. The highest BCUT2D eigenvalue weighted by Crippen LogP contribution is 2.37. The molecule has 2 bridgehead atoms. The molecule has 0 radical (unpaired) electrons. The summed E-state index contributed by atoms with van der Waals surface area (Å²) in [5, 5.41) is 2.43. The monoisotopic (exact) mass is 464 g/mol. The van der Waals surface area contributed by atoms with E-state index < -0.39 is 47.0 Å². The van der Waals surface area contributed by atoms with Crippen LogP contribution >= 0.6 is 0 Å². The lowest BCUT2D eigenvalue weighted by molar-refractivity contribution is -0.178. The van der Waals surface area contributed by atoms with E-state index in [0.29, 0.717) is 12.1 Å². The number of halogens is 4. The molecule has 2 aliphatic rings. The maximum Gasteiger partial charge on any atom is 0.352 e. The van der Waals surface area contributed by atoms with Crippen molar-refractivity contribution in [3.63, 3.8) is 0 Å². The second-order valence-corrected chi connectivity index (χ2v) is 8.19. The Hall–Kier alpha value is -3.27. The van der Waals surface area contributed by atoms with Gasteiger partial charge in [0, 0.05) is 24.1 Å². The van der Waals surface area contributed by atoms with Crippen molar-refractivity contribution in [2.75, 3.05) is 18.5 Å². The number of alkyl halides is 2. The summed E-state index contributed by atoms with van der Waals surface area (Å²) in [7, 11) is 0. The van der Waals surface area contributed by atoms with Gasteiger partial charge in [0.2, 0.25) is 0 Å². The number of Topliss-reactive ketones (excluding diaryl/α,β-unsaturated/α-hetero) is 1. The molecule has 1 N–H and O–H groups in total. The Morgan fingerprint density at radius 1 is 1.03 bits per heavy atom. The van der Waals surface area contributed by atoms with Crippen molar-refractivity contribution < 1.29 is 36.7 Å². The number of rotatable bonds is 4. The lowest BCUT2D eigenvalue weighted by atomic mass is 9.91. The Morgan fingerprint density at radius 2 is 1.67 bits per heavy atom. The summed E-state index contributed by atoms with van der Waals surface area (Å²) < 4.78 is 63.6. The van der Waals surface area contributed by atoms with Crippen LogP contribution < -0.4 is 5.32 Å². The van der Waals surface area contributed by atoms with Crippen LogP contribution in [0.5, 0.6) is 0 Å². The number of morpholine rings is 1. The number of carbonyl (C=O) groups is 3. The average molecular weight is 464 g/mol. The van der Waals surface area contributed by atoms with E-state index in [2.05, 4.69) is 5.32 Å². The van der Waals surface area contributed by atoms with Gasteiger partial charge in [-0.2, -0.15) is 8.78 Å². The number of hydrogen-bond acceptors (Lipinski definition) is 4. The fraction of sp³-hybridized carbons (Fsp3) is 0.348. The summed E-state index contributed by atoms with van der Waals surface area (Å²) in [6, 6.07) is 4.41. The fourth-order valence-electron chi connectivity index (χ4n) is 4.16. The standard InChI is InChI=1S/C23H20F4N2O4/c1-12-6-14(3-5-19(12)24)28-21(31)13-2-4-20(25)18(7-13)23(26,27)22(32)29-15-8-17(30)9-16(29)11-33-10-15/h2-7,15-16H,8-11H2,1H3,(H,28,31)/t15-,16+. The van der Waals surface area contributed by atoms with Crippen LogP contribution in [0.25, 0.3) is 0 Å². The van der Waals surface area contributed by atoms with E-state index >= 15 is 8.78 Å². The van der Waals surface area contributed by atoms with Gasteiger partial charge in [0.15, 0.2) is 0 Å². The summed E-state index contributed by atoms with van der Waals surface area (Å²) in [6.45, 7) is 1.36. The Morgan fingerprint density at radius 3 is 2.30 bits per heavy atom. The van der Waals surface area contributed by atoms with Crippen molar-refractivity contribution >= 4 is 23.3 Å². The molecule has 2 aromatic rings. The zero-order chi connectivity index (χ0) is 23.9. The highest BCUT2D eigenvalue weighted by Gasteiger charge is 2.52. The Balaban J connectivity index is 1.60. The zero-order valence-corrected chi connectivity index (χ0v) is 17.5. The van der Waals surface area contributed by atoms with Crippen LogP contribution in [0.3, 0.4) is 0 Å². The second kappa shape index (κ2) is 8.58. The number of hydrogen-bond donors (Lipinski definition) is 1. The maximum atomic E-state index is 15.2. The minimum absolute atomic E-state index is 0.0634. The molecular weight excluding hydrogens is 444 g/mol. The van der Waals surface area contributed by atoms with Gasteiger partial charge in [-0.3, -0.25) is 14.4 Å². The van der Waals surface area contributed by atoms with Gasteiger partial charge in [0.05, 0.1) is 30.9 Å². The third kappa shape index (κ3) is 4.35. The van der Waals surface area contributed by atoms with Crippen molar-refractivity contribution in [2.45, 2.75) is 37.8 Å². The van der Waals surface area contributed by atoms with Gasteiger partial charge in [-0.1, -0.05) is 0 Å². The first-order valence-corrected chi connectivity index (χ1v) is 10.3. The summed E-state index contributed by atoms with van der Waals surface area (Å²) in [6.07, 6.45) is -0.222. The molecule has 0 aliphatic carbocycles. The minimum Gasteiger partial charge on any atom is -0.377 e. The number of benzene rings is 2. The number of fused-ring (bicyclic) bond motifs is 2. The van der Waals surface area contributed by atoms with Crippen molar-refractivity contribution in [1.29, 1.82) is 0 Å². The molecule has 174 valence electrons. The molecule has 0 unspecified atom stereocenters. The van der Waals surface area contributed by atoms with Crippen molar-refractivity contribution in [3.8, 4) is 0 Å². The number of ketones is 1. The number of nitrogens with one attached hydrogen (secondary N) is 1. The number of aryl methyl sites for hydroxylation is 1. The van der Waals surface area contributed by atoms with Crippen LogP contribution in [0, 0.1) is 18.6 Å². The van der Waals surface area contributed by atoms with Crippen LogP contribution in [-0.2, 0) is 20.2 Å². The minimum atomic E-state index is -4.28. The van der Waals surface area contributed by atoms with Crippen LogP contribution in [0.4, 0.5) is 23.2 Å². The quantitative estimate of drug-likeness (QED) is 0.702. The molecule has 2 fully saturated rings. The number of nitrogens with zero attached hydrogens (tertiary/aromatic N) is 1. The summed E-state index contributed by atoms with van der Waals surface area (Å²) >= 11 is 0. The third-order valence-corrected chi connectivity index (χ3v) is 5.82. The SMILES string of the molecule is Cc1cc(NC(=O)c2ccc(F)c(C(F)(F)C(=O)N3[C@@H]4COC[C@H]3CC(=O)C4)c2)ccc1F. The van der Waals surface area contributed by atoms with Crippen LogP contribution in [-0.4, -0.2) is 47.8 Å². The number of ether oxygens (including phenoxy) is 1. The lowest BCUT2D eigenvalue weighted by Gasteiger charge is -2.46. The molecule has 4 rings (SSSR count). The molecule has 0 aromatic heterocycles. The van der Waals surface area contributed by atoms with Gasteiger partial charge in [0.1, 0.15) is 17.4 Å². The van der Waals surface area contributed by atoms with E-state index in [0.717, 1.165) is 17.0 Å². The molecule has 2 saturated heterocycles. The number of carbonyl (C=O) groups excluding carboxylic acids is 3. The molecule has 0 spiro atoms. The lowest BCUT2D eigenvalue weighted by Crippen LogP contribution is -2.62. The van der Waals surface area contributed by atoms with Crippen LogP contribution in [0.2, 0.25) is 0 Å². The molecule has 10 heteroatoms. The van der Waals surface area contributed by atoms with Crippen molar-refractivity contribution in [2.24, 2.45) is 0 Å². The first kappa shape index (κ1) is 22.9. The van der Waals surface area contributed by atoms with Gasteiger partial charge >= 0.3 is 5.92 Å². The molecule has 0 saturated carbocycles. The van der Waals surface area contributed by atoms with E-state index in [1.807, 2.05) is 0 Å². The molecule has 2 aliphatic heterocycles. The van der Waals surface area contributed by atoms with E-state index in [1.54, 1.807) is 0 Å². The topological polar surface area (TPSA) is 75.7 Å². The molecule has 2 amide bonds. The molecule has 33 heavy (non-hydrogen) atoms. The number of piperidine rings is 1. The third-order valence-electron chi connectivity index (χ3n) is 5.82. The molecular formula is C23H20F4N2O4. The highest BCUT2D eigenvalue weighted by molar-refractivity contribution is 6.04. The summed E-state index contributed by atoms with van der Waals surface area (Å²) in [4.78, 5) is 38.1. The second-order valence-electron chi connectivity index (χ2n) is 8.19. The van der Waals surface area contributed by atoms with Crippen molar-refractivity contribution in [3.05, 3.63) is 64.7 Å². The Bertz CT molecular complexity index is 1120. The van der Waals surface area contributed by atoms with E-state index in [-0.39, 0.29) is 48.7 Å². The highest BCUT2D eigenvalue weighted by atomic mass is 19.3. The van der Waals surface area contributed by atoms with Gasteiger partial charge in [-0.25, -0.2) is 8.78 Å². The first-order chi connectivity index (χ1) is 15.6. The van der Waals surface area contributed by atoms with E-state index in [9.17, 15) is 23.2 Å².